The Balaban J connectivity index is 1.58. The fourth-order valence-electron chi connectivity index (χ4n) is 2.56. The van der Waals surface area contributed by atoms with Crippen LogP contribution in [0, 0.1) is 5.82 Å². The summed E-state index contributed by atoms with van der Waals surface area (Å²) in [7, 11) is 2.86. The van der Waals surface area contributed by atoms with E-state index in [9.17, 15) is 18.8 Å². The molecule has 0 radical (unpaired) electrons. The highest BCUT2D eigenvalue weighted by Crippen LogP contribution is 2.23. The summed E-state index contributed by atoms with van der Waals surface area (Å²) in [6, 6.07) is 7.39. The molecule has 0 bridgehead atoms. The minimum atomic E-state index is -0.543. The van der Waals surface area contributed by atoms with E-state index in [0.29, 0.717) is 5.69 Å². The van der Waals surface area contributed by atoms with Gasteiger partial charge in [0, 0.05) is 26.6 Å². The molecule has 0 amide bonds. The number of nitrogens with zero attached hydrogens (tertiary/aromatic N) is 3. The number of oxazole rings is 1. The van der Waals surface area contributed by atoms with Crippen molar-refractivity contribution < 1.29 is 18.3 Å². The Morgan fingerprint density at radius 3 is 2.71 bits per heavy atom. The van der Waals surface area contributed by atoms with Gasteiger partial charge in [-0.2, -0.15) is 0 Å². The highest BCUT2D eigenvalue weighted by molar-refractivity contribution is 5.69. The average Bonchev–Trinajstić information content (AvgIpc) is 3.15. The number of aromatic nitrogens is 3. The molecule has 0 aliphatic rings. The molecule has 0 saturated carbocycles. The van der Waals surface area contributed by atoms with Gasteiger partial charge < -0.3 is 9.15 Å². The predicted molar refractivity (Wildman–Crippen MR) is 96.9 cm³/mol. The third-order valence-electron chi connectivity index (χ3n) is 4.24. The van der Waals surface area contributed by atoms with Crippen LogP contribution in [0.1, 0.15) is 18.0 Å². The van der Waals surface area contributed by atoms with E-state index in [1.807, 2.05) is 0 Å². The summed E-state index contributed by atoms with van der Waals surface area (Å²) in [5.74, 6) is -0.421. The zero-order valence-electron chi connectivity index (χ0n) is 15.3. The molecule has 146 valence electrons. The smallest absolute Gasteiger partial charge is 0.330 e. The molecule has 0 atom stereocenters. The number of benzene rings is 1. The van der Waals surface area contributed by atoms with Gasteiger partial charge >= 0.3 is 11.7 Å². The van der Waals surface area contributed by atoms with E-state index < -0.39 is 23.0 Å². The molecule has 8 nitrogen and oxygen atoms in total. The first kappa shape index (κ1) is 19.3. The van der Waals surface area contributed by atoms with Crippen LogP contribution in [0.25, 0.3) is 11.3 Å². The summed E-state index contributed by atoms with van der Waals surface area (Å²) >= 11 is 0. The Morgan fingerprint density at radius 2 is 1.96 bits per heavy atom. The number of hydrogen-bond acceptors (Lipinski definition) is 6. The van der Waals surface area contributed by atoms with Crippen LogP contribution in [0.15, 0.2) is 50.5 Å². The third-order valence-corrected chi connectivity index (χ3v) is 4.24. The summed E-state index contributed by atoms with van der Waals surface area (Å²) < 4.78 is 26.6. The molecule has 28 heavy (non-hydrogen) atoms. The first-order valence-corrected chi connectivity index (χ1v) is 8.48. The lowest BCUT2D eigenvalue weighted by molar-refractivity contribution is -0.145. The van der Waals surface area contributed by atoms with Gasteiger partial charge in [-0.25, -0.2) is 14.2 Å². The lowest BCUT2D eigenvalue weighted by Gasteiger charge is -2.09. The van der Waals surface area contributed by atoms with Crippen LogP contribution in [0.2, 0.25) is 0 Å². The maximum absolute atomic E-state index is 13.8. The van der Waals surface area contributed by atoms with Gasteiger partial charge in [0.15, 0.2) is 11.7 Å². The van der Waals surface area contributed by atoms with Crippen molar-refractivity contribution in [3.05, 3.63) is 74.8 Å². The van der Waals surface area contributed by atoms with Gasteiger partial charge in [0.2, 0.25) is 0 Å². The molecule has 0 aliphatic carbocycles. The molecular weight excluding hydrogens is 369 g/mol. The van der Waals surface area contributed by atoms with Crippen LogP contribution >= 0.6 is 0 Å². The van der Waals surface area contributed by atoms with Crippen molar-refractivity contribution in [3.63, 3.8) is 0 Å². The molecule has 0 fully saturated rings. The molecule has 9 heteroatoms. The summed E-state index contributed by atoms with van der Waals surface area (Å²) in [5, 5.41) is 0. The zero-order valence-corrected chi connectivity index (χ0v) is 15.3. The van der Waals surface area contributed by atoms with Gasteiger partial charge in [-0.3, -0.25) is 18.7 Å². The predicted octanol–water partition coefficient (Wildman–Crippen LogP) is 1.55. The van der Waals surface area contributed by atoms with Crippen molar-refractivity contribution in [1.29, 1.82) is 0 Å². The number of hydrogen-bond donors (Lipinski definition) is 0. The van der Waals surface area contributed by atoms with Gasteiger partial charge in [0.1, 0.15) is 12.4 Å². The molecule has 0 N–H and O–H groups in total. The standard InChI is InChI=1S/C19H18FN3O5/c1-22-12(9-17(24)23(2)19(22)26)11-27-18(25)8-7-16-21-10-15(28-16)13-5-3-4-6-14(13)20/h3-6,9-10H,7-8,11H2,1-2H3. The monoisotopic (exact) mass is 387 g/mol. The van der Waals surface area contributed by atoms with Crippen LogP contribution in [0.5, 0.6) is 0 Å². The van der Waals surface area contributed by atoms with Crippen LogP contribution in [0.4, 0.5) is 4.39 Å². The Hall–Kier alpha value is -3.49. The summed E-state index contributed by atoms with van der Waals surface area (Å²) in [6.07, 6.45) is 1.55. The van der Waals surface area contributed by atoms with E-state index >= 15 is 0 Å². The molecule has 0 aliphatic heterocycles. The molecule has 0 spiro atoms. The van der Waals surface area contributed by atoms with Crippen molar-refractivity contribution in [2.24, 2.45) is 14.1 Å². The molecule has 3 rings (SSSR count). The third kappa shape index (κ3) is 4.08. The second kappa shape index (κ2) is 8.03. The van der Waals surface area contributed by atoms with Crippen LogP contribution in [-0.2, 0) is 36.7 Å². The Kier molecular flexibility index (Phi) is 5.53. The number of rotatable bonds is 6. The van der Waals surface area contributed by atoms with E-state index in [1.165, 1.54) is 37.0 Å². The number of carbonyl (C=O) groups excluding carboxylic acids is 1. The van der Waals surface area contributed by atoms with Crippen LogP contribution < -0.4 is 11.2 Å². The number of carbonyl (C=O) groups is 1. The second-order valence-electron chi connectivity index (χ2n) is 6.13. The fourth-order valence-corrected chi connectivity index (χ4v) is 2.56. The first-order chi connectivity index (χ1) is 13.4. The Bertz CT molecular complexity index is 1130. The molecule has 1 aromatic carbocycles. The maximum Gasteiger partial charge on any atom is 0.330 e. The van der Waals surface area contributed by atoms with Gasteiger partial charge in [-0.15, -0.1) is 0 Å². The van der Waals surface area contributed by atoms with E-state index in [0.717, 1.165) is 4.57 Å². The molecular formula is C19H18FN3O5. The fraction of sp³-hybridized carbons (Fsp3) is 0.263. The number of halogens is 1. The number of esters is 1. The average molecular weight is 387 g/mol. The molecule has 0 saturated heterocycles. The molecule has 0 unspecified atom stereocenters. The molecule has 3 aromatic rings. The summed E-state index contributed by atoms with van der Waals surface area (Å²) in [5.41, 5.74) is -0.400. The van der Waals surface area contributed by atoms with E-state index in [2.05, 4.69) is 4.98 Å². The van der Waals surface area contributed by atoms with Crippen LogP contribution in [0.3, 0.4) is 0 Å². The lowest BCUT2D eigenvalue weighted by Crippen LogP contribution is -2.38. The minimum absolute atomic E-state index is 0.0178. The van der Waals surface area contributed by atoms with Gasteiger partial charge in [-0.05, 0) is 12.1 Å². The largest absolute Gasteiger partial charge is 0.459 e. The van der Waals surface area contributed by atoms with Gasteiger partial charge in [0.25, 0.3) is 5.56 Å². The topological polar surface area (TPSA) is 96.3 Å². The highest BCUT2D eigenvalue weighted by atomic mass is 19.1. The number of ether oxygens (including phenoxy) is 1. The van der Waals surface area contributed by atoms with Crippen molar-refractivity contribution in [2.75, 3.05) is 0 Å². The second-order valence-corrected chi connectivity index (χ2v) is 6.13. The minimum Gasteiger partial charge on any atom is -0.459 e. The van der Waals surface area contributed by atoms with Crippen molar-refractivity contribution in [2.45, 2.75) is 19.4 Å². The van der Waals surface area contributed by atoms with E-state index in [-0.39, 0.29) is 36.7 Å². The van der Waals surface area contributed by atoms with E-state index in [1.54, 1.807) is 18.2 Å². The summed E-state index contributed by atoms with van der Waals surface area (Å²) in [6.45, 7) is -0.202. The molecule has 2 heterocycles. The van der Waals surface area contributed by atoms with Crippen molar-refractivity contribution in [1.82, 2.24) is 14.1 Å². The van der Waals surface area contributed by atoms with Crippen molar-refractivity contribution >= 4 is 5.97 Å². The Morgan fingerprint density at radius 1 is 1.21 bits per heavy atom. The van der Waals surface area contributed by atoms with Crippen molar-refractivity contribution in [3.8, 4) is 11.3 Å². The first-order valence-electron chi connectivity index (χ1n) is 8.48. The molecule has 2 aromatic heterocycles. The zero-order chi connectivity index (χ0) is 20.3. The summed E-state index contributed by atoms with van der Waals surface area (Å²) in [4.78, 5) is 39.5. The van der Waals surface area contributed by atoms with E-state index in [4.69, 9.17) is 9.15 Å². The Labute approximate surface area is 158 Å². The van der Waals surface area contributed by atoms with Crippen LogP contribution in [-0.4, -0.2) is 20.1 Å². The maximum atomic E-state index is 13.8. The number of aryl methyl sites for hydroxylation is 1. The van der Waals surface area contributed by atoms with Gasteiger partial charge in [0.05, 0.1) is 23.9 Å². The SMILES string of the molecule is Cn1c(COC(=O)CCc2ncc(-c3ccccc3F)o2)cc(=O)n(C)c1=O. The highest BCUT2D eigenvalue weighted by Gasteiger charge is 2.13. The lowest BCUT2D eigenvalue weighted by atomic mass is 10.2. The van der Waals surface area contributed by atoms with Gasteiger partial charge in [-0.1, -0.05) is 12.1 Å². The quantitative estimate of drug-likeness (QED) is 0.596. The normalized spacial score (nSPS) is 10.8.